The zero-order valence-corrected chi connectivity index (χ0v) is 15.7. The Balaban J connectivity index is -0.00000180. The molecule has 0 aliphatic rings. The van der Waals surface area contributed by atoms with Crippen molar-refractivity contribution in [1.29, 1.82) is 0 Å². The smallest absolute Gasteiger partial charge is 1.00 e. The Morgan fingerprint density at radius 3 is 0.619 bits per heavy atom. The fraction of sp³-hybridized carbons (Fsp3) is 1.00. The molecular formula is C20H43Li. The molecule has 0 spiro atoms. The van der Waals surface area contributed by atoms with Gasteiger partial charge in [0.1, 0.15) is 0 Å². The van der Waals surface area contributed by atoms with Gasteiger partial charge in [0.15, 0.2) is 0 Å². The molecular weight excluding hydrogens is 247 g/mol. The van der Waals surface area contributed by atoms with Crippen LogP contribution in [0.3, 0.4) is 0 Å². The normalized spacial score (nSPS) is 10.6. The molecule has 0 rings (SSSR count). The molecule has 0 aromatic rings. The van der Waals surface area contributed by atoms with E-state index in [1.165, 1.54) is 116 Å². The maximum absolute atomic E-state index is 2.30. The Bertz CT molecular complexity index is 144. The molecule has 0 aromatic carbocycles. The van der Waals surface area contributed by atoms with E-state index in [1.807, 2.05) is 0 Å². The van der Waals surface area contributed by atoms with Gasteiger partial charge >= 0.3 is 18.9 Å². The fourth-order valence-electron chi connectivity index (χ4n) is 2.97. The SMILES string of the molecule is CCCCCCCCCCCCCCCCCCCC.[H-].[Li+]. The summed E-state index contributed by atoms with van der Waals surface area (Å²) in [6.07, 6.45) is 26.4. The van der Waals surface area contributed by atoms with Crippen LogP contribution in [0.25, 0.3) is 0 Å². The summed E-state index contributed by atoms with van der Waals surface area (Å²) in [6.45, 7) is 4.59. The van der Waals surface area contributed by atoms with Crippen molar-refractivity contribution >= 4 is 0 Å². The van der Waals surface area contributed by atoms with E-state index in [1.54, 1.807) is 0 Å². The molecule has 21 heavy (non-hydrogen) atoms. The van der Waals surface area contributed by atoms with Crippen molar-refractivity contribution in [3.05, 3.63) is 0 Å². The predicted molar refractivity (Wildman–Crippen MR) is 95.6 cm³/mol. The second-order valence-electron chi connectivity index (χ2n) is 6.66. The second kappa shape index (κ2) is 22.9. The van der Waals surface area contributed by atoms with Crippen LogP contribution in [0, 0.1) is 0 Å². The molecule has 0 atom stereocenters. The summed E-state index contributed by atoms with van der Waals surface area (Å²) >= 11 is 0. The quantitative estimate of drug-likeness (QED) is 0.256. The third-order valence-electron chi connectivity index (χ3n) is 4.46. The Hall–Kier alpha value is 0.597. The first kappa shape index (κ1) is 23.9. The summed E-state index contributed by atoms with van der Waals surface area (Å²) in [5.41, 5.74) is 0. The predicted octanol–water partition coefficient (Wildman–Crippen LogP) is 5.16. The summed E-state index contributed by atoms with van der Waals surface area (Å²) in [4.78, 5) is 0. The first-order valence-electron chi connectivity index (χ1n) is 9.91. The molecule has 0 N–H and O–H groups in total. The molecule has 0 unspecified atom stereocenters. The van der Waals surface area contributed by atoms with Gasteiger partial charge in [-0.2, -0.15) is 0 Å². The second-order valence-corrected chi connectivity index (χ2v) is 6.66. The Morgan fingerprint density at radius 2 is 0.476 bits per heavy atom. The molecule has 0 nitrogen and oxygen atoms in total. The van der Waals surface area contributed by atoms with Crippen molar-refractivity contribution in [2.45, 2.75) is 129 Å². The van der Waals surface area contributed by atoms with E-state index in [4.69, 9.17) is 0 Å². The van der Waals surface area contributed by atoms with Crippen molar-refractivity contribution in [3.63, 3.8) is 0 Å². The maximum atomic E-state index is 2.30. The van der Waals surface area contributed by atoms with Crippen LogP contribution >= 0.6 is 0 Å². The van der Waals surface area contributed by atoms with Crippen LogP contribution in [0.2, 0.25) is 0 Å². The average Bonchev–Trinajstić information content (AvgIpc) is 2.47. The number of unbranched alkanes of at least 4 members (excludes halogenated alkanes) is 17. The molecule has 0 fully saturated rings. The third-order valence-corrected chi connectivity index (χ3v) is 4.46. The van der Waals surface area contributed by atoms with Gasteiger partial charge in [-0.05, 0) is 0 Å². The van der Waals surface area contributed by atoms with Crippen LogP contribution in [-0.4, -0.2) is 0 Å². The molecule has 0 saturated heterocycles. The molecule has 0 amide bonds. The molecule has 0 aliphatic carbocycles. The van der Waals surface area contributed by atoms with Crippen molar-refractivity contribution < 1.29 is 20.3 Å². The molecule has 1 heteroatoms. The van der Waals surface area contributed by atoms with Gasteiger partial charge in [0.05, 0.1) is 0 Å². The average molecular weight is 291 g/mol. The standard InChI is InChI=1S/C20H42.Li.H/c1-3-5-7-9-11-13-15-17-19-20-18-16-14-12-10-8-6-4-2;;/h3-20H2,1-2H3;;/q;+1;-1. The van der Waals surface area contributed by atoms with Crippen molar-refractivity contribution in [1.82, 2.24) is 0 Å². The van der Waals surface area contributed by atoms with Gasteiger partial charge in [-0.3, -0.25) is 0 Å². The van der Waals surface area contributed by atoms with Crippen LogP contribution in [0.15, 0.2) is 0 Å². The van der Waals surface area contributed by atoms with Gasteiger partial charge in [-0.1, -0.05) is 129 Å². The van der Waals surface area contributed by atoms with E-state index in [9.17, 15) is 0 Å². The molecule has 0 aromatic heterocycles. The first-order chi connectivity index (χ1) is 9.91. The van der Waals surface area contributed by atoms with Crippen LogP contribution in [0.1, 0.15) is 131 Å². The van der Waals surface area contributed by atoms with E-state index >= 15 is 0 Å². The largest absolute Gasteiger partial charge is 1.00 e. The molecule has 0 saturated carbocycles. The maximum Gasteiger partial charge on any atom is 1.00 e. The minimum atomic E-state index is 0. The van der Waals surface area contributed by atoms with Gasteiger partial charge in [0.25, 0.3) is 0 Å². The first-order valence-corrected chi connectivity index (χ1v) is 9.91. The van der Waals surface area contributed by atoms with Crippen molar-refractivity contribution in [2.24, 2.45) is 0 Å². The summed E-state index contributed by atoms with van der Waals surface area (Å²) in [6, 6.07) is 0. The summed E-state index contributed by atoms with van der Waals surface area (Å²) in [5.74, 6) is 0. The van der Waals surface area contributed by atoms with Crippen molar-refractivity contribution in [2.75, 3.05) is 0 Å². The van der Waals surface area contributed by atoms with Crippen LogP contribution in [-0.2, 0) is 0 Å². The number of hydrogen-bond acceptors (Lipinski definition) is 0. The van der Waals surface area contributed by atoms with E-state index in [0.717, 1.165) is 0 Å². The van der Waals surface area contributed by atoms with Gasteiger partial charge in [-0.25, -0.2) is 0 Å². The van der Waals surface area contributed by atoms with E-state index in [0.29, 0.717) is 0 Å². The monoisotopic (exact) mass is 290 g/mol. The number of rotatable bonds is 17. The van der Waals surface area contributed by atoms with Gasteiger partial charge in [0, 0.05) is 0 Å². The Morgan fingerprint density at radius 1 is 0.333 bits per heavy atom. The van der Waals surface area contributed by atoms with Crippen LogP contribution < -0.4 is 18.9 Å². The summed E-state index contributed by atoms with van der Waals surface area (Å²) in [5, 5.41) is 0. The molecule has 0 bridgehead atoms. The molecule has 124 valence electrons. The van der Waals surface area contributed by atoms with Gasteiger partial charge < -0.3 is 1.43 Å². The molecule has 0 heterocycles. The minimum Gasteiger partial charge on any atom is -1.00 e. The zero-order chi connectivity index (χ0) is 14.7. The van der Waals surface area contributed by atoms with Gasteiger partial charge in [-0.15, -0.1) is 0 Å². The fourth-order valence-corrected chi connectivity index (χ4v) is 2.97. The van der Waals surface area contributed by atoms with E-state index in [-0.39, 0.29) is 20.3 Å². The van der Waals surface area contributed by atoms with Gasteiger partial charge in [0.2, 0.25) is 0 Å². The van der Waals surface area contributed by atoms with E-state index in [2.05, 4.69) is 13.8 Å². The van der Waals surface area contributed by atoms with Crippen molar-refractivity contribution in [3.8, 4) is 0 Å². The molecule has 0 radical (unpaired) electrons. The van der Waals surface area contributed by atoms with Crippen LogP contribution in [0.4, 0.5) is 0 Å². The summed E-state index contributed by atoms with van der Waals surface area (Å²) < 4.78 is 0. The van der Waals surface area contributed by atoms with Crippen LogP contribution in [0.5, 0.6) is 0 Å². The topological polar surface area (TPSA) is 0 Å². The third kappa shape index (κ3) is 23.0. The Labute approximate surface area is 149 Å². The van der Waals surface area contributed by atoms with E-state index < -0.39 is 0 Å². The zero-order valence-electron chi connectivity index (χ0n) is 16.7. The minimum absolute atomic E-state index is 0. The molecule has 0 aliphatic heterocycles. The Kier molecular flexibility index (Phi) is 26.0. The summed E-state index contributed by atoms with van der Waals surface area (Å²) in [7, 11) is 0. The number of hydrogen-bond donors (Lipinski definition) is 0.